The molecule has 1 heterocycles. The molecule has 0 atom stereocenters. The second-order valence-electron chi connectivity index (χ2n) is 3.88. The van der Waals surface area contributed by atoms with E-state index in [-0.39, 0.29) is 5.95 Å². The third-order valence-corrected chi connectivity index (χ3v) is 2.62. The second kappa shape index (κ2) is 5.35. The van der Waals surface area contributed by atoms with Gasteiger partial charge in [0.2, 0.25) is 5.69 Å². The Bertz CT molecular complexity index is 775. The van der Waals surface area contributed by atoms with Gasteiger partial charge in [0.1, 0.15) is 0 Å². The zero-order chi connectivity index (χ0) is 17.3. The zero-order valence-electron chi connectivity index (χ0n) is 10.8. The molecule has 0 fully saturated rings. The summed E-state index contributed by atoms with van der Waals surface area (Å²) >= 11 is 0. The predicted octanol–water partition coefficient (Wildman–Crippen LogP) is -0.168. The molecule has 23 heavy (non-hydrogen) atoms. The number of hydrogen-bond donors (Lipinski definition) is 4. The Labute approximate surface area is 123 Å². The van der Waals surface area contributed by atoms with E-state index in [1.165, 1.54) is 0 Å². The maximum absolute atomic E-state index is 11.2. The van der Waals surface area contributed by atoms with Gasteiger partial charge in [-0.25, -0.2) is 0 Å². The quantitative estimate of drug-likeness (QED) is 0.317. The topological polar surface area (TPSA) is 248 Å². The van der Waals surface area contributed by atoms with Crippen molar-refractivity contribution in [1.82, 2.24) is 20.6 Å². The highest BCUT2D eigenvalue weighted by Crippen LogP contribution is 2.50. The van der Waals surface area contributed by atoms with Crippen LogP contribution in [-0.4, -0.2) is 35.4 Å². The van der Waals surface area contributed by atoms with Crippen LogP contribution in [0.5, 0.6) is 0 Å². The number of aromatic nitrogens is 4. The van der Waals surface area contributed by atoms with E-state index in [1.807, 2.05) is 5.21 Å². The lowest BCUT2D eigenvalue weighted by atomic mass is 10.1. The Morgan fingerprint density at radius 1 is 0.913 bits per heavy atom. The highest BCUT2D eigenvalue weighted by atomic mass is 16.6. The predicted molar refractivity (Wildman–Crippen MR) is 72.7 cm³/mol. The van der Waals surface area contributed by atoms with E-state index in [0.29, 0.717) is 0 Å². The first-order chi connectivity index (χ1) is 10.8. The molecule has 1 aromatic heterocycles. The normalized spacial score (nSPS) is 10.3. The highest BCUT2D eigenvalue weighted by Gasteiger charge is 2.40. The largest absolute Gasteiger partial charge is 0.387 e. The van der Waals surface area contributed by atoms with Crippen molar-refractivity contribution in [2.75, 3.05) is 16.8 Å². The van der Waals surface area contributed by atoms with Gasteiger partial charge in [-0.15, -0.1) is 5.10 Å². The van der Waals surface area contributed by atoms with Gasteiger partial charge in [-0.2, -0.15) is 5.21 Å². The molecule has 0 amide bonds. The van der Waals surface area contributed by atoms with Gasteiger partial charge < -0.3 is 16.8 Å². The van der Waals surface area contributed by atoms with Crippen LogP contribution in [0.4, 0.5) is 40.1 Å². The van der Waals surface area contributed by atoms with E-state index in [4.69, 9.17) is 11.5 Å². The number of rotatable bonds is 5. The van der Waals surface area contributed by atoms with Gasteiger partial charge in [0.05, 0.1) is 14.8 Å². The average molecular weight is 326 g/mol. The molecular formula is C7H6N10O6. The molecule has 1 aromatic carbocycles. The van der Waals surface area contributed by atoms with Crippen molar-refractivity contribution >= 4 is 40.1 Å². The average Bonchev–Trinajstić information content (AvgIpc) is 2.89. The summed E-state index contributed by atoms with van der Waals surface area (Å²) in [5.74, 6) is -0.371. The summed E-state index contributed by atoms with van der Waals surface area (Å²) in [4.78, 5) is 29.9. The number of tetrazole rings is 1. The van der Waals surface area contributed by atoms with Crippen LogP contribution < -0.4 is 16.8 Å². The number of benzene rings is 1. The van der Waals surface area contributed by atoms with Gasteiger partial charge >= 0.3 is 17.1 Å². The first-order valence-corrected chi connectivity index (χ1v) is 5.44. The minimum absolute atomic E-state index is 0.371. The molecule has 2 aromatic rings. The zero-order valence-corrected chi connectivity index (χ0v) is 10.8. The number of nitrogens with two attached hydrogens (primary N) is 2. The third-order valence-electron chi connectivity index (χ3n) is 2.62. The lowest BCUT2D eigenvalue weighted by Gasteiger charge is -2.09. The van der Waals surface area contributed by atoms with Crippen LogP contribution in [0, 0.1) is 30.3 Å². The number of anilines is 4. The Hall–Kier alpha value is -4.11. The van der Waals surface area contributed by atoms with E-state index in [9.17, 15) is 30.3 Å². The molecule has 0 saturated carbocycles. The van der Waals surface area contributed by atoms with Gasteiger partial charge in [0.25, 0.3) is 5.95 Å². The van der Waals surface area contributed by atoms with Crippen molar-refractivity contribution < 1.29 is 14.8 Å². The number of nitro benzene ring substituents is 3. The van der Waals surface area contributed by atoms with E-state index < -0.39 is 48.9 Å². The van der Waals surface area contributed by atoms with Crippen molar-refractivity contribution in [3.8, 4) is 0 Å². The number of nitro groups is 3. The minimum atomic E-state index is -1.15. The summed E-state index contributed by atoms with van der Waals surface area (Å²) in [5, 5.41) is 47.4. The van der Waals surface area contributed by atoms with Gasteiger partial charge in [0.15, 0.2) is 11.4 Å². The van der Waals surface area contributed by atoms with Crippen molar-refractivity contribution in [2.45, 2.75) is 0 Å². The highest BCUT2D eigenvalue weighted by molar-refractivity contribution is 5.99. The van der Waals surface area contributed by atoms with Gasteiger partial charge in [-0.05, 0) is 5.21 Å². The third kappa shape index (κ3) is 2.46. The lowest BCUT2D eigenvalue weighted by Crippen LogP contribution is -2.11. The van der Waals surface area contributed by atoms with Crippen LogP contribution in [0.1, 0.15) is 0 Å². The minimum Gasteiger partial charge on any atom is -0.387 e. The molecule has 0 saturated heterocycles. The Kier molecular flexibility index (Phi) is 3.55. The molecular weight excluding hydrogens is 320 g/mol. The SMILES string of the molecule is Nc1c([N+](=O)[O-])c(N)c([N+](=O)[O-])c(Nc2nn[nH]n2)c1[N+](=O)[O-]. The van der Waals surface area contributed by atoms with Crippen molar-refractivity contribution in [3.63, 3.8) is 0 Å². The lowest BCUT2D eigenvalue weighted by molar-refractivity contribution is -0.399. The maximum atomic E-state index is 11.2. The molecule has 2 rings (SSSR count). The molecule has 0 unspecified atom stereocenters. The summed E-state index contributed by atoms with van der Waals surface area (Å²) in [5.41, 5.74) is 4.73. The molecule has 0 radical (unpaired) electrons. The number of hydrogen-bond acceptors (Lipinski definition) is 12. The monoisotopic (exact) mass is 326 g/mol. The molecule has 0 aliphatic heterocycles. The first-order valence-electron chi connectivity index (χ1n) is 5.44. The number of H-pyrrole nitrogens is 1. The Morgan fingerprint density at radius 3 is 1.74 bits per heavy atom. The molecule has 0 spiro atoms. The van der Waals surface area contributed by atoms with Crippen LogP contribution >= 0.6 is 0 Å². The summed E-state index contributed by atoms with van der Waals surface area (Å²) in [6, 6.07) is 0. The summed E-state index contributed by atoms with van der Waals surface area (Å²) in [6.45, 7) is 0. The first kappa shape index (κ1) is 15.3. The van der Waals surface area contributed by atoms with Crippen LogP contribution in [0.3, 0.4) is 0 Å². The Balaban J connectivity index is 2.88. The molecule has 16 heteroatoms. The number of aromatic amines is 1. The van der Waals surface area contributed by atoms with Crippen molar-refractivity contribution in [1.29, 1.82) is 0 Å². The molecule has 0 aliphatic carbocycles. The molecule has 16 nitrogen and oxygen atoms in total. The van der Waals surface area contributed by atoms with Gasteiger partial charge in [-0.1, -0.05) is 5.10 Å². The second-order valence-corrected chi connectivity index (χ2v) is 3.88. The van der Waals surface area contributed by atoms with Crippen LogP contribution in [-0.2, 0) is 0 Å². The van der Waals surface area contributed by atoms with E-state index >= 15 is 0 Å². The number of nitrogen functional groups attached to an aromatic ring is 2. The maximum Gasteiger partial charge on any atom is 0.329 e. The molecule has 0 bridgehead atoms. The van der Waals surface area contributed by atoms with Crippen LogP contribution in [0.2, 0.25) is 0 Å². The number of nitrogens with zero attached hydrogens (tertiary/aromatic N) is 6. The fourth-order valence-corrected chi connectivity index (χ4v) is 1.77. The van der Waals surface area contributed by atoms with E-state index in [0.717, 1.165) is 0 Å². The van der Waals surface area contributed by atoms with Gasteiger partial charge in [-0.3, -0.25) is 30.3 Å². The molecule has 6 N–H and O–H groups in total. The van der Waals surface area contributed by atoms with Crippen molar-refractivity contribution in [2.24, 2.45) is 0 Å². The van der Waals surface area contributed by atoms with E-state index in [2.05, 4.69) is 20.7 Å². The summed E-state index contributed by atoms with van der Waals surface area (Å²) in [6.07, 6.45) is 0. The fourth-order valence-electron chi connectivity index (χ4n) is 1.77. The smallest absolute Gasteiger partial charge is 0.329 e. The standard InChI is InChI=1S/C7H6N10O6/c8-1-4(15(18)19)2(9)6(17(22)23)3(5(1)16(20)21)10-7-11-13-14-12-7/h8-9H2,(H2,10,11,12,13,14). The van der Waals surface area contributed by atoms with Crippen LogP contribution in [0.15, 0.2) is 0 Å². The van der Waals surface area contributed by atoms with Crippen molar-refractivity contribution in [3.05, 3.63) is 30.3 Å². The Morgan fingerprint density at radius 2 is 1.39 bits per heavy atom. The fraction of sp³-hybridized carbons (Fsp3) is 0. The molecule has 0 aliphatic rings. The molecule has 120 valence electrons. The van der Waals surface area contributed by atoms with Gasteiger partial charge in [0, 0.05) is 0 Å². The summed E-state index contributed by atoms with van der Waals surface area (Å²) in [7, 11) is 0. The van der Waals surface area contributed by atoms with Crippen LogP contribution in [0.25, 0.3) is 0 Å². The summed E-state index contributed by atoms with van der Waals surface area (Å²) < 4.78 is 0. The van der Waals surface area contributed by atoms with E-state index in [1.54, 1.807) is 0 Å². The number of nitrogens with one attached hydrogen (secondary N) is 2.